The summed E-state index contributed by atoms with van der Waals surface area (Å²) in [5.41, 5.74) is 12.5. The summed E-state index contributed by atoms with van der Waals surface area (Å²) in [7, 11) is 0. The van der Waals surface area contributed by atoms with Crippen molar-refractivity contribution in [3.05, 3.63) is 11.6 Å². The second-order valence-electron chi connectivity index (χ2n) is 11.9. The highest BCUT2D eigenvalue weighted by atomic mass is 16.3. The van der Waals surface area contributed by atoms with Crippen LogP contribution in [0.1, 0.15) is 38.5 Å². The van der Waals surface area contributed by atoms with Crippen LogP contribution < -0.4 is 16.8 Å². The first kappa shape index (κ1) is 23.2. The number of rotatable bonds is 4. The van der Waals surface area contributed by atoms with Crippen LogP contribution in [0.3, 0.4) is 0 Å². The molecule has 0 aliphatic heterocycles. The van der Waals surface area contributed by atoms with E-state index in [9.17, 15) is 29.1 Å². The molecule has 35 heavy (non-hydrogen) atoms. The number of fused-ring (bicyclic) bond motifs is 4. The lowest BCUT2D eigenvalue weighted by atomic mass is 9.52. The number of hydrogen-bond donors (Lipinski definition) is 4. The summed E-state index contributed by atoms with van der Waals surface area (Å²) in [5.74, 6) is -7.54. The highest BCUT2D eigenvalue weighted by Gasteiger charge is 2.60. The van der Waals surface area contributed by atoms with Crippen molar-refractivity contribution in [3.63, 3.8) is 0 Å². The SMILES string of the molecule is NC(=O)C1C(=O)CC2CC3CC4C(N)C=C(CNC5C6CCC5C6)C(O)C4C(=O)C3C(=O)C2C1=O. The molecular formula is C26H33N3O6. The maximum absolute atomic E-state index is 13.7. The maximum Gasteiger partial charge on any atom is 0.235 e. The molecule has 7 rings (SSSR count). The van der Waals surface area contributed by atoms with Gasteiger partial charge < -0.3 is 21.9 Å². The van der Waals surface area contributed by atoms with Crippen LogP contribution in [0.25, 0.3) is 0 Å². The Morgan fingerprint density at radius 2 is 1.60 bits per heavy atom. The summed E-state index contributed by atoms with van der Waals surface area (Å²) in [5, 5.41) is 14.8. The van der Waals surface area contributed by atoms with Crippen molar-refractivity contribution in [2.75, 3.05) is 6.54 Å². The summed E-state index contributed by atoms with van der Waals surface area (Å²) in [4.78, 5) is 64.4. The van der Waals surface area contributed by atoms with E-state index in [1.807, 2.05) is 6.08 Å². The normalized spacial score (nSPS) is 48.5. The molecule has 6 N–H and O–H groups in total. The van der Waals surface area contributed by atoms with Gasteiger partial charge in [0.25, 0.3) is 0 Å². The highest BCUT2D eigenvalue weighted by Crippen LogP contribution is 2.52. The van der Waals surface area contributed by atoms with Crippen molar-refractivity contribution in [2.24, 2.45) is 64.7 Å². The first-order valence-corrected chi connectivity index (χ1v) is 13.0. The summed E-state index contributed by atoms with van der Waals surface area (Å²) in [6, 6.07) is 0.0449. The lowest BCUT2D eigenvalue weighted by molar-refractivity contribution is -0.160. The van der Waals surface area contributed by atoms with Crippen molar-refractivity contribution < 1.29 is 29.1 Å². The Morgan fingerprint density at radius 1 is 0.943 bits per heavy atom. The average molecular weight is 484 g/mol. The molecule has 9 nitrogen and oxygen atoms in total. The summed E-state index contributed by atoms with van der Waals surface area (Å²) in [6.45, 7) is 0.469. The summed E-state index contributed by atoms with van der Waals surface area (Å²) >= 11 is 0. The minimum absolute atomic E-state index is 0.0607. The molecule has 188 valence electrons. The van der Waals surface area contributed by atoms with Crippen LogP contribution in [0.4, 0.5) is 0 Å². The molecule has 6 saturated carbocycles. The van der Waals surface area contributed by atoms with Gasteiger partial charge in [-0.1, -0.05) is 6.08 Å². The Labute approximate surface area is 203 Å². The van der Waals surface area contributed by atoms with E-state index in [1.165, 1.54) is 19.3 Å². The highest BCUT2D eigenvalue weighted by molar-refractivity contribution is 6.26. The Hall–Kier alpha value is -2.23. The van der Waals surface area contributed by atoms with Gasteiger partial charge in [-0.15, -0.1) is 0 Å². The molecule has 9 heteroatoms. The molecule has 6 fully saturated rings. The van der Waals surface area contributed by atoms with Gasteiger partial charge in [0.05, 0.1) is 23.9 Å². The molecule has 0 spiro atoms. The van der Waals surface area contributed by atoms with E-state index in [2.05, 4.69) is 5.32 Å². The topological polar surface area (TPSA) is 170 Å². The van der Waals surface area contributed by atoms with E-state index >= 15 is 0 Å². The van der Waals surface area contributed by atoms with E-state index in [1.54, 1.807) is 0 Å². The van der Waals surface area contributed by atoms with Gasteiger partial charge in [-0.2, -0.15) is 0 Å². The number of hydrogen-bond acceptors (Lipinski definition) is 8. The zero-order valence-corrected chi connectivity index (χ0v) is 19.6. The molecule has 7 aliphatic carbocycles. The van der Waals surface area contributed by atoms with Crippen LogP contribution in [-0.4, -0.2) is 58.9 Å². The molecule has 1 amide bonds. The van der Waals surface area contributed by atoms with E-state index in [4.69, 9.17) is 11.5 Å². The van der Waals surface area contributed by atoms with Crippen molar-refractivity contribution in [3.8, 4) is 0 Å². The molecule has 11 unspecified atom stereocenters. The number of carbonyl (C=O) groups is 5. The van der Waals surface area contributed by atoms with Gasteiger partial charge in [0, 0.05) is 25.0 Å². The molecular weight excluding hydrogens is 450 g/mol. The first-order chi connectivity index (χ1) is 16.7. The molecule has 0 heterocycles. The Morgan fingerprint density at radius 3 is 2.26 bits per heavy atom. The number of amides is 1. The van der Waals surface area contributed by atoms with Gasteiger partial charge in [-0.25, -0.2) is 0 Å². The minimum atomic E-state index is -1.61. The largest absolute Gasteiger partial charge is 0.388 e. The molecule has 2 bridgehead atoms. The van der Waals surface area contributed by atoms with Gasteiger partial charge in [-0.05, 0) is 67.3 Å². The fourth-order valence-electron chi connectivity index (χ4n) is 8.54. The second-order valence-corrected chi connectivity index (χ2v) is 11.9. The maximum atomic E-state index is 13.7. The Balaban J connectivity index is 1.23. The predicted octanol–water partition coefficient (Wildman–Crippen LogP) is -0.711. The van der Waals surface area contributed by atoms with E-state index in [0.717, 1.165) is 0 Å². The number of carbonyl (C=O) groups excluding carboxylic acids is 5. The quantitative estimate of drug-likeness (QED) is 0.300. The van der Waals surface area contributed by atoms with Crippen LogP contribution in [0.2, 0.25) is 0 Å². The standard InChI is InChI=1S/C26H33N3O6/c27-15-6-13(8-29-21-9-1-2-10(21)3-9)22(31)19-14(15)5-11-4-12-7-16(30)20(26(28)35)25(34)18(12)23(32)17(11)24(19)33/h6,9-12,14-15,17-22,29,31H,1-5,7-8,27H2,(H2,28,35). The molecule has 0 aromatic heterocycles. The van der Waals surface area contributed by atoms with Crippen LogP contribution in [0.5, 0.6) is 0 Å². The van der Waals surface area contributed by atoms with Gasteiger partial charge >= 0.3 is 0 Å². The van der Waals surface area contributed by atoms with E-state index in [0.29, 0.717) is 42.8 Å². The van der Waals surface area contributed by atoms with Gasteiger partial charge in [-0.3, -0.25) is 24.0 Å². The van der Waals surface area contributed by atoms with Crippen molar-refractivity contribution in [1.82, 2.24) is 5.32 Å². The lowest BCUT2D eigenvalue weighted by Gasteiger charge is -2.51. The first-order valence-electron chi connectivity index (χ1n) is 13.0. The second kappa shape index (κ2) is 8.15. The summed E-state index contributed by atoms with van der Waals surface area (Å²) in [6.07, 6.45) is 5.40. The number of nitrogens with one attached hydrogen (secondary N) is 1. The van der Waals surface area contributed by atoms with Crippen LogP contribution in [0, 0.1) is 53.3 Å². The summed E-state index contributed by atoms with van der Waals surface area (Å²) < 4.78 is 0. The van der Waals surface area contributed by atoms with Crippen molar-refractivity contribution in [2.45, 2.75) is 56.7 Å². The fraction of sp³-hybridized carbons (Fsp3) is 0.731. The van der Waals surface area contributed by atoms with Crippen LogP contribution >= 0.6 is 0 Å². The average Bonchev–Trinajstić information content (AvgIpc) is 3.41. The number of Topliss-reactive ketones (excluding diaryl/α,β-unsaturated/α-hetero) is 4. The molecule has 7 aliphatic rings. The Bertz CT molecular complexity index is 1040. The smallest absolute Gasteiger partial charge is 0.235 e. The monoisotopic (exact) mass is 483 g/mol. The number of nitrogens with two attached hydrogens (primary N) is 2. The lowest BCUT2D eigenvalue weighted by Crippen LogP contribution is -2.62. The third kappa shape index (κ3) is 3.34. The molecule has 0 saturated heterocycles. The van der Waals surface area contributed by atoms with Crippen LogP contribution in [0.15, 0.2) is 11.6 Å². The number of ketones is 4. The predicted molar refractivity (Wildman–Crippen MR) is 122 cm³/mol. The van der Waals surface area contributed by atoms with Crippen molar-refractivity contribution >= 4 is 29.0 Å². The molecule has 11 atom stereocenters. The molecule has 0 radical (unpaired) electrons. The van der Waals surface area contributed by atoms with E-state index in [-0.39, 0.29) is 24.0 Å². The Kier molecular flexibility index (Phi) is 5.40. The zero-order chi connectivity index (χ0) is 24.8. The minimum Gasteiger partial charge on any atom is -0.388 e. The number of primary amides is 1. The van der Waals surface area contributed by atoms with Gasteiger partial charge in [0.15, 0.2) is 23.3 Å². The fourth-order valence-corrected chi connectivity index (χ4v) is 8.54. The molecule has 0 aromatic carbocycles. The third-order valence-corrected chi connectivity index (χ3v) is 10.2. The zero-order valence-electron chi connectivity index (χ0n) is 19.6. The van der Waals surface area contributed by atoms with Crippen molar-refractivity contribution in [1.29, 1.82) is 0 Å². The number of aliphatic hydroxyl groups is 1. The van der Waals surface area contributed by atoms with Gasteiger partial charge in [0.1, 0.15) is 5.78 Å². The van der Waals surface area contributed by atoms with Crippen LogP contribution in [-0.2, 0) is 24.0 Å². The van der Waals surface area contributed by atoms with E-state index < -0.39 is 65.0 Å². The third-order valence-electron chi connectivity index (χ3n) is 10.2. The molecule has 0 aromatic rings. The number of aliphatic hydroxyl groups excluding tert-OH is 1. The van der Waals surface area contributed by atoms with Gasteiger partial charge in [0.2, 0.25) is 5.91 Å².